The van der Waals surface area contributed by atoms with E-state index in [1.54, 1.807) is 0 Å². The first kappa shape index (κ1) is 12.5. The number of pyridine rings is 1. The Balaban J connectivity index is 2.33. The van der Waals surface area contributed by atoms with E-state index in [2.05, 4.69) is 63.2 Å². The number of nitrogens with zero attached hydrogens (tertiary/aromatic N) is 1. The molecule has 0 radical (unpaired) electrons. The lowest BCUT2D eigenvalue weighted by Crippen LogP contribution is -2.17. The average Bonchev–Trinajstić information content (AvgIpc) is 2.35. The van der Waals surface area contributed by atoms with Gasteiger partial charge in [-0.1, -0.05) is 18.2 Å². The van der Waals surface area contributed by atoms with Gasteiger partial charge in [-0.05, 0) is 65.9 Å². The van der Waals surface area contributed by atoms with E-state index in [-0.39, 0.29) is 6.04 Å². The minimum Gasteiger partial charge on any atom is -0.309 e. The Bertz CT molecular complexity index is 431. The van der Waals surface area contributed by atoms with E-state index >= 15 is 0 Å². The maximum Gasteiger partial charge on any atom is 0.0589 e. The molecule has 1 atom stereocenters. The molecule has 1 heterocycles. The number of hydrogen-bond donors (Lipinski definition) is 1. The van der Waals surface area contributed by atoms with Crippen LogP contribution in [-0.4, -0.2) is 12.0 Å². The van der Waals surface area contributed by atoms with Crippen LogP contribution in [0.25, 0.3) is 0 Å². The molecule has 2 aromatic rings. The Morgan fingerprint density at radius 3 is 2.24 bits per heavy atom. The van der Waals surface area contributed by atoms with Crippen LogP contribution >= 0.6 is 22.6 Å². The van der Waals surface area contributed by atoms with Crippen molar-refractivity contribution in [3.05, 3.63) is 63.0 Å². The molecule has 0 aliphatic heterocycles. The first-order valence-electron chi connectivity index (χ1n) is 5.56. The zero-order chi connectivity index (χ0) is 12.3. The van der Waals surface area contributed by atoms with Crippen LogP contribution in [0.4, 0.5) is 0 Å². The van der Waals surface area contributed by atoms with Crippen LogP contribution in [0, 0.1) is 10.5 Å². The third kappa shape index (κ3) is 3.04. The van der Waals surface area contributed by atoms with Gasteiger partial charge in [0.15, 0.2) is 0 Å². The molecule has 0 fully saturated rings. The molecule has 1 aromatic carbocycles. The molecule has 1 aromatic heterocycles. The van der Waals surface area contributed by atoms with Gasteiger partial charge in [0.1, 0.15) is 0 Å². The van der Waals surface area contributed by atoms with Crippen molar-refractivity contribution < 1.29 is 0 Å². The molecular weight excluding hydrogens is 323 g/mol. The maximum atomic E-state index is 4.35. The molecule has 0 saturated carbocycles. The van der Waals surface area contributed by atoms with Gasteiger partial charge in [0, 0.05) is 15.5 Å². The van der Waals surface area contributed by atoms with E-state index in [0.29, 0.717) is 0 Å². The van der Waals surface area contributed by atoms with Gasteiger partial charge in [-0.3, -0.25) is 4.98 Å². The highest BCUT2D eigenvalue weighted by molar-refractivity contribution is 14.1. The second-order valence-electron chi connectivity index (χ2n) is 4.01. The zero-order valence-electron chi connectivity index (χ0n) is 9.94. The number of aryl methyl sites for hydroxylation is 1. The highest BCUT2D eigenvalue weighted by Gasteiger charge is 2.11. The monoisotopic (exact) mass is 338 g/mol. The summed E-state index contributed by atoms with van der Waals surface area (Å²) in [5, 5.41) is 3.33. The van der Waals surface area contributed by atoms with Gasteiger partial charge in [0.05, 0.1) is 6.04 Å². The van der Waals surface area contributed by atoms with E-state index < -0.39 is 0 Å². The van der Waals surface area contributed by atoms with Crippen LogP contribution in [0.3, 0.4) is 0 Å². The summed E-state index contributed by atoms with van der Waals surface area (Å²) in [7, 11) is 1.97. The molecule has 0 amide bonds. The SMILES string of the molecule is CNC(c1ccc(I)cc1)c1ccc(C)nc1. The topological polar surface area (TPSA) is 24.9 Å². The summed E-state index contributed by atoms with van der Waals surface area (Å²) in [4.78, 5) is 4.35. The van der Waals surface area contributed by atoms with Crippen molar-refractivity contribution in [1.82, 2.24) is 10.3 Å². The summed E-state index contributed by atoms with van der Waals surface area (Å²) >= 11 is 2.32. The first-order chi connectivity index (χ1) is 8.20. The third-order valence-electron chi connectivity index (χ3n) is 2.76. The number of hydrogen-bond acceptors (Lipinski definition) is 2. The van der Waals surface area contributed by atoms with E-state index in [9.17, 15) is 0 Å². The summed E-state index contributed by atoms with van der Waals surface area (Å²) in [5.74, 6) is 0. The molecule has 0 aliphatic carbocycles. The second kappa shape index (κ2) is 5.60. The maximum absolute atomic E-state index is 4.35. The largest absolute Gasteiger partial charge is 0.309 e. The predicted octanol–water partition coefficient (Wildman–Crippen LogP) is 3.30. The summed E-state index contributed by atoms with van der Waals surface area (Å²) in [6.45, 7) is 2.00. The summed E-state index contributed by atoms with van der Waals surface area (Å²) in [6, 6.07) is 12.9. The molecule has 0 bridgehead atoms. The van der Waals surface area contributed by atoms with E-state index in [1.807, 2.05) is 26.2 Å². The summed E-state index contributed by atoms with van der Waals surface area (Å²) in [5.41, 5.74) is 3.50. The lowest BCUT2D eigenvalue weighted by molar-refractivity contribution is 0.688. The Hall–Kier alpha value is -0.940. The van der Waals surface area contributed by atoms with Crippen molar-refractivity contribution in [1.29, 1.82) is 0 Å². The fraction of sp³-hybridized carbons (Fsp3) is 0.214. The second-order valence-corrected chi connectivity index (χ2v) is 5.25. The van der Waals surface area contributed by atoms with Gasteiger partial charge in [-0.25, -0.2) is 0 Å². The van der Waals surface area contributed by atoms with Crippen LogP contribution in [0.1, 0.15) is 22.9 Å². The van der Waals surface area contributed by atoms with Crippen molar-refractivity contribution in [3.63, 3.8) is 0 Å². The quantitative estimate of drug-likeness (QED) is 0.869. The molecule has 88 valence electrons. The zero-order valence-corrected chi connectivity index (χ0v) is 12.1. The number of halogens is 1. The molecule has 1 N–H and O–H groups in total. The lowest BCUT2D eigenvalue weighted by atomic mass is 10.0. The number of aromatic nitrogens is 1. The van der Waals surface area contributed by atoms with Crippen LogP contribution in [0.5, 0.6) is 0 Å². The van der Waals surface area contributed by atoms with Crippen molar-refractivity contribution in [2.45, 2.75) is 13.0 Å². The Morgan fingerprint density at radius 2 is 1.71 bits per heavy atom. The minimum absolute atomic E-state index is 0.208. The highest BCUT2D eigenvalue weighted by Crippen LogP contribution is 2.21. The summed E-state index contributed by atoms with van der Waals surface area (Å²) < 4.78 is 1.25. The van der Waals surface area contributed by atoms with E-state index in [1.165, 1.54) is 14.7 Å². The molecule has 0 spiro atoms. The Kier molecular flexibility index (Phi) is 4.12. The fourth-order valence-corrected chi connectivity index (χ4v) is 2.19. The van der Waals surface area contributed by atoms with Crippen LogP contribution in [0.15, 0.2) is 42.6 Å². The van der Waals surface area contributed by atoms with Crippen molar-refractivity contribution in [3.8, 4) is 0 Å². The van der Waals surface area contributed by atoms with Crippen LogP contribution < -0.4 is 5.32 Å². The van der Waals surface area contributed by atoms with Gasteiger partial charge in [-0.15, -0.1) is 0 Å². The highest BCUT2D eigenvalue weighted by atomic mass is 127. The number of benzene rings is 1. The van der Waals surface area contributed by atoms with E-state index in [0.717, 1.165) is 5.69 Å². The van der Waals surface area contributed by atoms with Gasteiger partial charge in [0.2, 0.25) is 0 Å². The van der Waals surface area contributed by atoms with Gasteiger partial charge in [0.25, 0.3) is 0 Å². The van der Waals surface area contributed by atoms with Crippen LogP contribution in [-0.2, 0) is 0 Å². The normalized spacial score (nSPS) is 12.4. The Labute approximate surface area is 116 Å². The third-order valence-corrected chi connectivity index (χ3v) is 3.48. The molecule has 3 heteroatoms. The molecule has 2 nitrogen and oxygen atoms in total. The summed E-state index contributed by atoms with van der Waals surface area (Å²) in [6.07, 6.45) is 1.94. The molecule has 0 aliphatic rings. The number of rotatable bonds is 3. The lowest BCUT2D eigenvalue weighted by Gasteiger charge is -2.17. The van der Waals surface area contributed by atoms with Crippen molar-refractivity contribution in [2.75, 3.05) is 7.05 Å². The van der Waals surface area contributed by atoms with Gasteiger partial charge >= 0.3 is 0 Å². The molecule has 2 rings (SSSR count). The van der Waals surface area contributed by atoms with Gasteiger partial charge in [-0.2, -0.15) is 0 Å². The fourth-order valence-electron chi connectivity index (χ4n) is 1.83. The van der Waals surface area contributed by atoms with Gasteiger partial charge < -0.3 is 5.32 Å². The average molecular weight is 338 g/mol. The molecular formula is C14H15IN2. The molecule has 1 unspecified atom stereocenters. The molecule has 0 saturated heterocycles. The van der Waals surface area contributed by atoms with E-state index in [4.69, 9.17) is 0 Å². The standard InChI is InChI=1S/C14H15IN2/c1-10-3-4-12(9-17-10)14(16-2)11-5-7-13(15)8-6-11/h3-9,14,16H,1-2H3. The Morgan fingerprint density at radius 1 is 1.06 bits per heavy atom. The van der Waals surface area contributed by atoms with Crippen LogP contribution in [0.2, 0.25) is 0 Å². The smallest absolute Gasteiger partial charge is 0.0589 e. The van der Waals surface area contributed by atoms with Crippen molar-refractivity contribution >= 4 is 22.6 Å². The molecule has 17 heavy (non-hydrogen) atoms. The number of nitrogens with one attached hydrogen (secondary N) is 1. The first-order valence-corrected chi connectivity index (χ1v) is 6.64. The van der Waals surface area contributed by atoms with Crippen molar-refractivity contribution in [2.24, 2.45) is 0 Å². The minimum atomic E-state index is 0.208. The predicted molar refractivity (Wildman–Crippen MR) is 79.0 cm³/mol.